The third kappa shape index (κ3) is 4.24. The first-order valence-corrected chi connectivity index (χ1v) is 11.7. The molecule has 2 heterocycles. The van der Waals surface area contributed by atoms with Crippen molar-refractivity contribution in [3.05, 3.63) is 69.7 Å². The van der Waals surface area contributed by atoms with Crippen molar-refractivity contribution in [2.24, 2.45) is 5.16 Å². The molecule has 2 saturated heterocycles. The monoisotopic (exact) mass is 491 g/mol. The van der Waals surface area contributed by atoms with E-state index >= 15 is 0 Å². The van der Waals surface area contributed by atoms with Crippen molar-refractivity contribution >= 4 is 17.3 Å². The summed E-state index contributed by atoms with van der Waals surface area (Å²) < 4.78 is 11.7. The Morgan fingerprint density at radius 2 is 1.85 bits per heavy atom. The number of halogens is 1. The number of benzene rings is 2. The molecule has 9 heteroatoms. The molecule has 0 amide bonds. The molecule has 0 radical (unpaired) electrons. The van der Waals surface area contributed by atoms with Crippen LogP contribution in [0.3, 0.4) is 0 Å². The van der Waals surface area contributed by atoms with Crippen molar-refractivity contribution < 1.29 is 34.7 Å². The van der Waals surface area contributed by atoms with Gasteiger partial charge in [0.2, 0.25) is 5.79 Å². The van der Waals surface area contributed by atoms with Gasteiger partial charge in [-0.1, -0.05) is 54.0 Å². The highest BCUT2D eigenvalue weighted by Crippen LogP contribution is 2.49. The van der Waals surface area contributed by atoms with Gasteiger partial charge in [-0.05, 0) is 48.6 Å². The first-order chi connectivity index (χ1) is 16.3. The second-order valence-electron chi connectivity index (χ2n) is 8.65. The van der Waals surface area contributed by atoms with Crippen molar-refractivity contribution in [2.75, 3.05) is 19.8 Å². The fraction of sp³-hybridized carbons (Fsp3) is 0.480. The number of hydrogen-bond donors (Lipinski definition) is 4. The predicted molar refractivity (Wildman–Crippen MR) is 126 cm³/mol. The number of fused-ring (bicyclic) bond motifs is 2. The molecule has 0 saturated carbocycles. The number of aliphatic hydroxyl groups is 4. The Kier molecular flexibility index (Phi) is 7.30. The van der Waals surface area contributed by atoms with E-state index in [0.717, 1.165) is 28.8 Å². The summed E-state index contributed by atoms with van der Waals surface area (Å²) in [4.78, 5) is 5.19. The van der Waals surface area contributed by atoms with Crippen LogP contribution in [0.15, 0.2) is 47.6 Å². The minimum Gasteiger partial charge on any atom is -0.396 e. The largest absolute Gasteiger partial charge is 0.396 e. The molecule has 0 unspecified atom stereocenters. The van der Waals surface area contributed by atoms with Gasteiger partial charge in [-0.25, -0.2) is 0 Å². The quantitative estimate of drug-likeness (QED) is 0.329. The van der Waals surface area contributed by atoms with Crippen LogP contribution in [0.1, 0.15) is 42.5 Å². The van der Waals surface area contributed by atoms with E-state index in [-0.39, 0.29) is 6.61 Å². The molecule has 2 aromatic rings. The molecule has 4 N–H and O–H groups in total. The van der Waals surface area contributed by atoms with E-state index in [4.69, 9.17) is 25.9 Å². The maximum absolute atomic E-state index is 10.8. The number of ether oxygens (including phenoxy) is 2. The predicted octanol–water partition coefficient (Wildman–Crippen LogP) is 2.11. The Hall–Kier alpha value is -2.04. The smallest absolute Gasteiger partial charge is 0.225 e. The molecule has 184 valence electrons. The molecule has 2 aliphatic heterocycles. The molecule has 2 aliphatic rings. The summed E-state index contributed by atoms with van der Waals surface area (Å²) >= 11 is 6.48. The first kappa shape index (κ1) is 25.1. The van der Waals surface area contributed by atoms with Gasteiger partial charge < -0.3 is 34.7 Å². The SMILES string of the molecule is CCO/N=C(\CC)c1ccc(Cc2cc([C@]34OC[C@](CO)(O3)[C@@H](O)[C@H](O)[C@H]4O)ccc2Cl)cc1. The van der Waals surface area contributed by atoms with E-state index in [1.165, 1.54) is 0 Å². The lowest BCUT2D eigenvalue weighted by atomic mass is 9.83. The van der Waals surface area contributed by atoms with Crippen LogP contribution in [0.4, 0.5) is 0 Å². The fourth-order valence-corrected chi connectivity index (χ4v) is 4.68. The van der Waals surface area contributed by atoms with Gasteiger partial charge in [-0.3, -0.25) is 0 Å². The number of rotatable bonds is 8. The van der Waals surface area contributed by atoms with Crippen LogP contribution < -0.4 is 0 Å². The van der Waals surface area contributed by atoms with Crippen molar-refractivity contribution in [3.8, 4) is 0 Å². The van der Waals surface area contributed by atoms with Crippen LogP contribution in [0.25, 0.3) is 0 Å². The maximum atomic E-state index is 10.8. The van der Waals surface area contributed by atoms with Gasteiger partial charge in [0.05, 0.1) is 18.9 Å². The standard InChI is InChI=1S/C25H30ClNO7/c1-3-20(27-33-4-2)16-7-5-15(6-8-16)11-17-12-18(9-10-19(17)26)25-23(31)21(29)22(30)24(13-28,34-25)14-32-25/h5-10,12,21-23,28-31H,3-4,11,13-14H2,1-2H3/b27-20+/t21-,22-,23+,24-,25-/m0/s1. The summed E-state index contributed by atoms with van der Waals surface area (Å²) in [7, 11) is 0. The minimum atomic E-state index is -1.73. The fourth-order valence-electron chi connectivity index (χ4n) is 4.50. The molecule has 4 rings (SSSR count). The van der Waals surface area contributed by atoms with Gasteiger partial charge in [-0.2, -0.15) is 0 Å². The van der Waals surface area contributed by atoms with Gasteiger partial charge in [-0.15, -0.1) is 0 Å². The van der Waals surface area contributed by atoms with Gasteiger partial charge >= 0.3 is 0 Å². The van der Waals surface area contributed by atoms with Crippen molar-refractivity contribution in [2.45, 2.75) is 56.4 Å². The van der Waals surface area contributed by atoms with Crippen LogP contribution in [-0.2, 0) is 26.5 Å². The summed E-state index contributed by atoms with van der Waals surface area (Å²) in [5.74, 6) is -1.73. The van der Waals surface area contributed by atoms with E-state index < -0.39 is 36.3 Å². The number of hydrogen-bond acceptors (Lipinski definition) is 8. The van der Waals surface area contributed by atoms with E-state index in [0.29, 0.717) is 23.6 Å². The molecule has 8 nitrogen and oxygen atoms in total. The minimum absolute atomic E-state index is 0.179. The second-order valence-corrected chi connectivity index (χ2v) is 9.06. The molecule has 5 atom stereocenters. The molecule has 0 aromatic heterocycles. The van der Waals surface area contributed by atoms with Gasteiger partial charge in [0.15, 0.2) is 0 Å². The zero-order valence-corrected chi connectivity index (χ0v) is 19.9. The van der Waals surface area contributed by atoms with Crippen LogP contribution in [0, 0.1) is 0 Å². The number of aliphatic hydroxyl groups excluding tert-OH is 4. The normalized spacial score (nSPS) is 31.0. The zero-order valence-electron chi connectivity index (χ0n) is 19.1. The zero-order chi connectivity index (χ0) is 24.5. The summed E-state index contributed by atoms with van der Waals surface area (Å²) in [5.41, 5.74) is 2.53. The summed E-state index contributed by atoms with van der Waals surface area (Å²) in [6.07, 6.45) is -3.36. The van der Waals surface area contributed by atoms with E-state index in [1.807, 2.05) is 38.1 Å². The van der Waals surface area contributed by atoms with Crippen molar-refractivity contribution in [1.29, 1.82) is 0 Å². The summed E-state index contributed by atoms with van der Waals surface area (Å²) in [5, 5.41) is 46.1. The summed E-state index contributed by atoms with van der Waals surface area (Å²) in [6.45, 7) is 3.66. The Balaban J connectivity index is 1.61. The lowest BCUT2D eigenvalue weighted by Crippen LogP contribution is -2.65. The number of nitrogens with zero attached hydrogens (tertiary/aromatic N) is 1. The molecular formula is C25H30ClNO7. The second kappa shape index (κ2) is 9.91. The maximum Gasteiger partial charge on any atom is 0.225 e. The average molecular weight is 492 g/mol. The van der Waals surface area contributed by atoms with E-state index in [2.05, 4.69) is 5.16 Å². The van der Waals surface area contributed by atoms with Crippen LogP contribution >= 0.6 is 11.6 Å². The Bertz CT molecular complexity index is 1050. The lowest BCUT2D eigenvalue weighted by molar-refractivity contribution is -0.329. The molecule has 0 spiro atoms. The lowest BCUT2D eigenvalue weighted by Gasteiger charge is -2.46. The molecular weight excluding hydrogens is 462 g/mol. The Morgan fingerprint density at radius 1 is 1.12 bits per heavy atom. The van der Waals surface area contributed by atoms with E-state index in [1.54, 1.807) is 18.2 Å². The van der Waals surface area contributed by atoms with Gasteiger partial charge in [0, 0.05) is 10.6 Å². The molecule has 34 heavy (non-hydrogen) atoms. The highest BCUT2D eigenvalue weighted by Gasteiger charge is 2.67. The Morgan fingerprint density at radius 3 is 2.50 bits per heavy atom. The van der Waals surface area contributed by atoms with Crippen LogP contribution in [0.5, 0.6) is 0 Å². The molecule has 2 aromatic carbocycles. The summed E-state index contributed by atoms with van der Waals surface area (Å²) in [6, 6.07) is 13.0. The van der Waals surface area contributed by atoms with Gasteiger partial charge in [0.25, 0.3) is 0 Å². The van der Waals surface area contributed by atoms with Crippen molar-refractivity contribution in [3.63, 3.8) is 0 Å². The van der Waals surface area contributed by atoms with Crippen LogP contribution in [0.2, 0.25) is 5.02 Å². The van der Waals surface area contributed by atoms with Crippen molar-refractivity contribution in [1.82, 2.24) is 0 Å². The van der Waals surface area contributed by atoms with Crippen LogP contribution in [-0.4, -0.2) is 69.9 Å². The molecule has 0 aliphatic carbocycles. The third-order valence-corrected chi connectivity index (χ3v) is 6.87. The Labute approximate surface area is 203 Å². The third-order valence-electron chi connectivity index (χ3n) is 6.50. The first-order valence-electron chi connectivity index (χ1n) is 11.4. The topological polar surface area (TPSA) is 121 Å². The number of oxime groups is 1. The van der Waals surface area contributed by atoms with E-state index in [9.17, 15) is 20.4 Å². The van der Waals surface area contributed by atoms with Gasteiger partial charge in [0.1, 0.15) is 30.5 Å². The molecule has 2 fully saturated rings. The highest BCUT2D eigenvalue weighted by atomic mass is 35.5. The average Bonchev–Trinajstić information content (AvgIpc) is 3.24. The highest BCUT2D eigenvalue weighted by molar-refractivity contribution is 6.31. The molecule has 2 bridgehead atoms.